The molecule has 0 heterocycles. The monoisotopic (exact) mass is 176 g/mol. The first kappa shape index (κ1) is 10.3. The maximum absolute atomic E-state index is 10.9. The molecule has 5 heteroatoms. The molecule has 0 aromatic carbocycles. The quantitative estimate of drug-likeness (QED) is 0.491. The van der Waals surface area contributed by atoms with Gasteiger partial charge in [-0.25, -0.2) is 0 Å². The van der Waals surface area contributed by atoms with Crippen LogP contribution in [0.25, 0.3) is 0 Å². The van der Waals surface area contributed by atoms with Crippen LogP contribution in [0.4, 0.5) is 0 Å². The third-order valence-corrected chi connectivity index (χ3v) is 1.49. The average molecular weight is 176 g/mol. The van der Waals surface area contributed by atoms with E-state index in [2.05, 4.69) is 23.3 Å². The molecule has 4 nitrogen and oxygen atoms in total. The van der Waals surface area contributed by atoms with Crippen LogP contribution < -0.4 is 10.6 Å². The standard InChI is InChI=1S/C6H12N2O2S/c1-4(9)8-5(3-11)6(10)7-2/h5,11H,3H2,1-2H3,(H,7,10)(H,8,9)/t5-/m1/s1. The summed E-state index contributed by atoms with van der Waals surface area (Å²) < 4.78 is 0. The van der Waals surface area contributed by atoms with E-state index in [1.807, 2.05) is 0 Å². The molecule has 0 saturated carbocycles. The molecule has 64 valence electrons. The molecule has 0 aliphatic carbocycles. The van der Waals surface area contributed by atoms with Gasteiger partial charge in [0, 0.05) is 19.7 Å². The molecule has 0 bridgehead atoms. The zero-order valence-electron chi connectivity index (χ0n) is 6.55. The van der Waals surface area contributed by atoms with Crippen LogP contribution in [-0.4, -0.2) is 30.7 Å². The van der Waals surface area contributed by atoms with Crippen LogP contribution in [0.1, 0.15) is 6.92 Å². The third-order valence-electron chi connectivity index (χ3n) is 1.12. The number of carbonyl (C=O) groups excluding carboxylic acids is 2. The van der Waals surface area contributed by atoms with Gasteiger partial charge in [-0.3, -0.25) is 9.59 Å². The second-order valence-corrected chi connectivity index (χ2v) is 2.42. The van der Waals surface area contributed by atoms with E-state index in [9.17, 15) is 9.59 Å². The lowest BCUT2D eigenvalue weighted by Crippen LogP contribution is -2.46. The van der Waals surface area contributed by atoms with E-state index in [1.54, 1.807) is 0 Å². The maximum Gasteiger partial charge on any atom is 0.243 e. The number of nitrogens with one attached hydrogen (secondary N) is 2. The highest BCUT2D eigenvalue weighted by Gasteiger charge is 2.14. The van der Waals surface area contributed by atoms with Gasteiger partial charge in [0.1, 0.15) is 6.04 Å². The summed E-state index contributed by atoms with van der Waals surface area (Å²) in [5, 5.41) is 4.87. The second kappa shape index (κ2) is 5.01. The minimum Gasteiger partial charge on any atom is -0.357 e. The Morgan fingerprint density at radius 3 is 2.36 bits per heavy atom. The van der Waals surface area contributed by atoms with Gasteiger partial charge in [-0.1, -0.05) is 0 Å². The predicted molar refractivity (Wildman–Crippen MR) is 45.5 cm³/mol. The minimum atomic E-state index is -0.527. The second-order valence-electron chi connectivity index (χ2n) is 2.05. The Morgan fingerprint density at radius 2 is 2.09 bits per heavy atom. The number of hydrogen-bond acceptors (Lipinski definition) is 3. The van der Waals surface area contributed by atoms with Crippen molar-refractivity contribution in [3.63, 3.8) is 0 Å². The fraction of sp³-hybridized carbons (Fsp3) is 0.667. The Bertz CT molecular complexity index is 161. The zero-order chi connectivity index (χ0) is 8.85. The molecule has 0 saturated heterocycles. The lowest BCUT2D eigenvalue weighted by Gasteiger charge is -2.12. The molecule has 0 aromatic heterocycles. The van der Waals surface area contributed by atoms with Crippen LogP contribution in [0.3, 0.4) is 0 Å². The maximum atomic E-state index is 10.9. The summed E-state index contributed by atoms with van der Waals surface area (Å²) in [6.45, 7) is 1.36. The number of rotatable bonds is 3. The molecular weight excluding hydrogens is 164 g/mol. The van der Waals surface area contributed by atoms with Gasteiger partial charge < -0.3 is 10.6 Å². The van der Waals surface area contributed by atoms with Crippen LogP contribution in [0.15, 0.2) is 0 Å². The highest BCUT2D eigenvalue weighted by molar-refractivity contribution is 7.80. The smallest absolute Gasteiger partial charge is 0.243 e. The van der Waals surface area contributed by atoms with Gasteiger partial charge in [-0.05, 0) is 0 Å². The largest absolute Gasteiger partial charge is 0.357 e. The molecular formula is C6H12N2O2S. The predicted octanol–water partition coefficient (Wildman–Crippen LogP) is -0.833. The molecule has 1 atom stereocenters. The third kappa shape index (κ3) is 3.87. The lowest BCUT2D eigenvalue weighted by molar-refractivity contribution is -0.127. The van der Waals surface area contributed by atoms with Gasteiger partial charge >= 0.3 is 0 Å². The van der Waals surface area contributed by atoms with Gasteiger partial charge in [0.05, 0.1) is 0 Å². The summed E-state index contributed by atoms with van der Waals surface area (Å²) in [5.74, 6) is -0.151. The molecule has 0 aliphatic rings. The molecule has 11 heavy (non-hydrogen) atoms. The fourth-order valence-electron chi connectivity index (χ4n) is 0.614. The molecule has 2 N–H and O–H groups in total. The summed E-state index contributed by atoms with van der Waals surface area (Å²) in [7, 11) is 1.51. The minimum absolute atomic E-state index is 0.227. The number of amides is 2. The van der Waals surface area contributed by atoms with E-state index < -0.39 is 6.04 Å². The first-order valence-electron chi connectivity index (χ1n) is 3.21. The molecule has 0 aliphatic heterocycles. The Morgan fingerprint density at radius 1 is 1.55 bits per heavy atom. The molecule has 2 amide bonds. The van der Waals surface area contributed by atoms with E-state index in [1.165, 1.54) is 14.0 Å². The van der Waals surface area contributed by atoms with Crippen molar-refractivity contribution in [3.8, 4) is 0 Å². The van der Waals surface area contributed by atoms with E-state index in [-0.39, 0.29) is 11.8 Å². The summed E-state index contributed by atoms with van der Waals surface area (Å²) in [5.41, 5.74) is 0. The van der Waals surface area contributed by atoms with Crippen molar-refractivity contribution in [1.29, 1.82) is 0 Å². The van der Waals surface area contributed by atoms with Gasteiger partial charge in [0.2, 0.25) is 11.8 Å². The number of thiol groups is 1. The molecule has 0 fully saturated rings. The van der Waals surface area contributed by atoms with Crippen molar-refractivity contribution in [3.05, 3.63) is 0 Å². The van der Waals surface area contributed by atoms with Crippen LogP contribution in [0.2, 0.25) is 0 Å². The summed E-state index contributed by atoms with van der Waals surface area (Å²) in [6.07, 6.45) is 0. The van der Waals surface area contributed by atoms with E-state index in [4.69, 9.17) is 0 Å². The van der Waals surface area contributed by atoms with Crippen molar-refractivity contribution < 1.29 is 9.59 Å². The van der Waals surface area contributed by atoms with Crippen molar-refractivity contribution in [1.82, 2.24) is 10.6 Å². The van der Waals surface area contributed by atoms with Crippen LogP contribution in [0.5, 0.6) is 0 Å². The number of hydrogen-bond donors (Lipinski definition) is 3. The molecule has 0 spiro atoms. The highest BCUT2D eigenvalue weighted by atomic mass is 32.1. The topological polar surface area (TPSA) is 58.2 Å². The van der Waals surface area contributed by atoms with Gasteiger partial charge in [0.15, 0.2) is 0 Å². The Balaban J connectivity index is 3.94. The molecule has 0 rings (SSSR count). The van der Waals surface area contributed by atoms with Crippen LogP contribution in [-0.2, 0) is 9.59 Å². The zero-order valence-corrected chi connectivity index (χ0v) is 7.44. The molecule has 0 aromatic rings. The summed E-state index contributed by atoms with van der Waals surface area (Å²) in [6, 6.07) is -0.527. The van der Waals surface area contributed by atoms with Gasteiger partial charge in [-0.2, -0.15) is 12.6 Å². The SMILES string of the molecule is CNC(=O)[C@@H](CS)NC(C)=O. The summed E-state index contributed by atoms with van der Waals surface area (Å²) >= 11 is 3.91. The molecule has 0 unspecified atom stereocenters. The van der Waals surface area contributed by atoms with E-state index >= 15 is 0 Å². The lowest BCUT2D eigenvalue weighted by atomic mass is 10.3. The van der Waals surface area contributed by atoms with Crippen molar-refractivity contribution in [2.45, 2.75) is 13.0 Å². The van der Waals surface area contributed by atoms with E-state index in [0.717, 1.165) is 0 Å². The van der Waals surface area contributed by atoms with Crippen molar-refractivity contribution in [2.24, 2.45) is 0 Å². The Labute approximate surface area is 71.1 Å². The first-order chi connectivity index (χ1) is 5.11. The highest BCUT2D eigenvalue weighted by Crippen LogP contribution is 1.87. The first-order valence-corrected chi connectivity index (χ1v) is 3.84. The van der Waals surface area contributed by atoms with Crippen LogP contribution in [0, 0.1) is 0 Å². The Kier molecular flexibility index (Phi) is 4.69. The van der Waals surface area contributed by atoms with Crippen molar-refractivity contribution in [2.75, 3.05) is 12.8 Å². The normalized spacial score (nSPS) is 11.9. The Hall–Kier alpha value is -0.710. The van der Waals surface area contributed by atoms with Crippen molar-refractivity contribution >= 4 is 24.4 Å². The molecule has 0 radical (unpaired) electrons. The summed E-state index contributed by atoms with van der Waals surface area (Å²) in [4.78, 5) is 21.4. The average Bonchev–Trinajstić information content (AvgIpc) is 1.98. The number of carbonyl (C=O) groups is 2. The van der Waals surface area contributed by atoms with Gasteiger partial charge in [-0.15, -0.1) is 0 Å². The number of likely N-dealkylation sites (N-methyl/N-ethyl adjacent to an activating group) is 1. The van der Waals surface area contributed by atoms with Crippen LogP contribution >= 0.6 is 12.6 Å². The van der Waals surface area contributed by atoms with E-state index in [0.29, 0.717) is 5.75 Å². The van der Waals surface area contributed by atoms with Gasteiger partial charge in [0.25, 0.3) is 0 Å². The fourth-order valence-corrected chi connectivity index (χ4v) is 0.871.